The van der Waals surface area contributed by atoms with Gasteiger partial charge in [0.1, 0.15) is 11.3 Å². The number of carboxylic acid groups (broad SMARTS) is 1. The van der Waals surface area contributed by atoms with Crippen molar-refractivity contribution in [2.75, 3.05) is 0 Å². The number of rotatable bonds is 2. The van der Waals surface area contributed by atoms with Crippen LogP contribution in [0.25, 0.3) is 10.9 Å². The van der Waals surface area contributed by atoms with E-state index in [1.54, 1.807) is 0 Å². The van der Waals surface area contributed by atoms with Crippen LogP contribution in [0.2, 0.25) is 0 Å². The highest BCUT2D eigenvalue weighted by Gasteiger charge is 2.33. The fourth-order valence-corrected chi connectivity index (χ4v) is 1.64. The predicted molar refractivity (Wildman–Crippen MR) is 60.4 cm³/mol. The lowest BCUT2D eigenvalue weighted by Crippen LogP contribution is -2.08. The van der Waals surface area contributed by atoms with E-state index in [0.29, 0.717) is 6.07 Å². The van der Waals surface area contributed by atoms with Crippen LogP contribution in [0.15, 0.2) is 24.3 Å². The third-order valence-electron chi connectivity index (χ3n) is 2.52. The van der Waals surface area contributed by atoms with Gasteiger partial charge in [0, 0.05) is 11.5 Å². The summed E-state index contributed by atoms with van der Waals surface area (Å²) in [6.07, 6.45) is -4.68. The van der Waals surface area contributed by atoms with Gasteiger partial charge in [0.25, 0.3) is 5.69 Å². The molecule has 2 rings (SSSR count). The first-order chi connectivity index (χ1) is 9.20. The number of halogens is 3. The molecule has 0 radical (unpaired) electrons. The summed E-state index contributed by atoms with van der Waals surface area (Å²) < 4.78 is 37.5. The first-order valence-corrected chi connectivity index (χ1v) is 5.10. The number of alkyl halides is 3. The minimum Gasteiger partial charge on any atom is -0.477 e. The molecule has 0 aliphatic carbocycles. The normalized spacial score (nSPS) is 11.6. The Balaban J connectivity index is 2.75. The van der Waals surface area contributed by atoms with Crippen molar-refractivity contribution >= 4 is 22.6 Å². The van der Waals surface area contributed by atoms with Gasteiger partial charge in [0.05, 0.1) is 10.4 Å². The Labute approximate surface area is 108 Å². The zero-order valence-electron chi connectivity index (χ0n) is 9.51. The molecule has 0 spiro atoms. The van der Waals surface area contributed by atoms with E-state index in [0.717, 1.165) is 18.2 Å². The lowest BCUT2D eigenvalue weighted by Gasteiger charge is -2.07. The molecule has 9 heteroatoms. The molecule has 0 amide bonds. The van der Waals surface area contributed by atoms with Crippen LogP contribution in [0.4, 0.5) is 18.9 Å². The van der Waals surface area contributed by atoms with E-state index in [-0.39, 0.29) is 10.9 Å². The second kappa shape index (κ2) is 4.44. The minimum absolute atomic E-state index is 0.0506. The number of aromatic carboxylic acids is 1. The highest BCUT2D eigenvalue weighted by molar-refractivity contribution is 5.98. The molecular weight excluding hydrogens is 281 g/mol. The lowest BCUT2D eigenvalue weighted by atomic mass is 10.1. The second-order valence-electron chi connectivity index (χ2n) is 3.82. The molecule has 0 saturated heterocycles. The predicted octanol–water partition coefficient (Wildman–Crippen LogP) is 2.86. The van der Waals surface area contributed by atoms with Crippen LogP contribution < -0.4 is 0 Å². The van der Waals surface area contributed by atoms with Crippen molar-refractivity contribution in [1.29, 1.82) is 0 Å². The molecule has 0 saturated carbocycles. The zero-order valence-corrected chi connectivity index (χ0v) is 9.51. The van der Waals surface area contributed by atoms with Gasteiger partial charge >= 0.3 is 12.1 Å². The Kier molecular flexibility index (Phi) is 3.04. The van der Waals surface area contributed by atoms with Crippen LogP contribution in [0.3, 0.4) is 0 Å². The number of carboxylic acids is 1. The van der Waals surface area contributed by atoms with Crippen LogP contribution >= 0.6 is 0 Å². The van der Waals surface area contributed by atoms with Gasteiger partial charge in [0.15, 0.2) is 0 Å². The van der Waals surface area contributed by atoms with Gasteiger partial charge < -0.3 is 5.11 Å². The molecular formula is C11H5F3N2O4. The van der Waals surface area contributed by atoms with E-state index in [2.05, 4.69) is 4.98 Å². The van der Waals surface area contributed by atoms with E-state index in [1.807, 2.05) is 0 Å². The van der Waals surface area contributed by atoms with E-state index >= 15 is 0 Å². The first kappa shape index (κ1) is 13.7. The minimum atomic E-state index is -4.68. The fraction of sp³-hybridized carbons (Fsp3) is 0.0909. The van der Waals surface area contributed by atoms with Crippen LogP contribution in [0.1, 0.15) is 16.1 Å². The quantitative estimate of drug-likeness (QED) is 0.676. The molecule has 20 heavy (non-hydrogen) atoms. The Morgan fingerprint density at radius 2 is 1.95 bits per heavy atom. The summed E-state index contributed by atoms with van der Waals surface area (Å²) in [5, 5.41) is 19.6. The summed E-state index contributed by atoms with van der Waals surface area (Å²) in [5.74, 6) is -1.61. The van der Waals surface area contributed by atoms with E-state index in [9.17, 15) is 28.1 Å². The van der Waals surface area contributed by atoms with Crippen molar-refractivity contribution in [3.63, 3.8) is 0 Å². The highest BCUT2D eigenvalue weighted by Crippen LogP contribution is 2.31. The van der Waals surface area contributed by atoms with Crippen molar-refractivity contribution in [3.8, 4) is 0 Å². The highest BCUT2D eigenvalue weighted by atomic mass is 19.4. The monoisotopic (exact) mass is 286 g/mol. The van der Waals surface area contributed by atoms with Crippen molar-refractivity contribution < 1.29 is 28.0 Å². The number of fused-ring (bicyclic) bond motifs is 1. The molecule has 104 valence electrons. The molecule has 1 heterocycles. The number of nitrogens with zero attached hydrogens (tertiary/aromatic N) is 2. The van der Waals surface area contributed by atoms with Gasteiger partial charge in [-0.3, -0.25) is 10.1 Å². The van der Waals surface area contributed by atoms with Crippen molar-refractivity contribution in [1.82, 2.24) is 4.98 Å². The Morgan fingerprint density at radius 3 is 2.45 bits per heavy atom. The average molecular weight is 286 g/mol. The van der Waals surface area contributed by atoms with Crippen LogP contribution in [-0.2, 0) is 6.18 Å². The molecule has 6 nitrogen and oxygen atoms in total. The summed E-state index contributed by atoms with van der Waals surface area (Å²) in [4.78, 5) is 24.0. The summed E-state index contributed by atoms with van der Waals surface area (Å²) >= 11 is 0. The van der Waals surface area contributed by atoms with Crippen LogP contribution in [0, 0.1) is 10.1 Å². The Morgan fingerprint density at radius 1 is 1.30 bits per heavy atom. The average Bonchev–Trinajstić information content (AvgIpc) is 2.35. The lowest BCUT2D eigenvalue weighted by molar-refractivity contribution is -0.385. The number of nitro benzene ring substituents is 1. The van der Waals surface area contributed by atoms with Gasteiger partial charge in [-0.25, -0.2) is 9.78 Å². The number of carbonyl (C=O) groups is 1. The van der Waals surface area contributed by atoms with Crippen LogP contribution in [-0.4, -0.2) is 21.0 Å². The molecule has 0 aliphatic heterocycles. The summed E-state index contributed by atoms with van der Waals surface area (Å²) in [5.41, 5.74) is -2.89. The van der Waals surface area contributed by atoms with Gasteiger partial charge in [-0.1, -0.05) is 6.07 Å². The summed E-state index contributed by atoms with van der Waals surface area (Å²) in [7, 11) is 0. The third kappa shape index (κ3) is 2.37. The summed E-state index contributed by atoms with van der Waals surface area (Å²) in [6.45, 7) is 0. The molecule has 0 bridgehead atoms. The maximum absolute atomic E-state index is 12.5. The topological polar surface area (TPSA) is 93.3 Å². The number of pyridine rings is 1. The first-order valence-electron chi connectivity index (χ1n) is 5.10. The van der Waals surface area contributed by atoms with Gasteiger partial charge in [-0.2, -0.15) is 13.2 Å². The molecule has 2 aromatic rings. The molecule has 0 fully saturated rings. The molecule has 0 unspecified atom stereocenters. The third-order valence-corrected chi connectivity index (χ3v) is 2.52. The fourth-order valence-electron chi connectivity index (χ4n) is 1.64. The van der Waals surface area contributed by atoms with E-state index < -0.39 is 34.0 Å². The van der Waals surface area contributed by atoms with Crippen molar-refractivity contribution in [2.24, 2.45) is 0 Å². The van der Waals surface area contributed by atoms with Gasteiger partial charge in [-0.05, 0) is 12.1 Å². The van der Waals surface area contributed by atoms with Gasteiger partial charge in [-0.15, -0.1) is 0 Å². The summed E-state index contributed by atoms with van der Waals surface area (Å²) in [6, 6.07) is 3.31. The molecule has 0 aliphatic rings. The standard InChI is InChI=1S/C11H5F3N2O4/c12-11(13,14)9-2-1-5-3-8(16(19)20)6(10(17)18)4-7(5)15-9/h1-4H,(H,17,18). The molecule has 1 N–H and O–H groups in total. The largest absolute Gasteiger partial charge is 0.477 e. The number of aromatic nitrogens is 1. The molecule has 1 aromatic carbocycles. The number of hydrogen-bond donors (Lipinski definition) is 1. The van der Waals surface area contributed by atoms with Crippen molar-refractivity contribution in [2.45, 2.75) is 6.18 Å². The van der Waals surface area contributed by atoms with Crippen molar-refractivity contribution in [3.05, 3.63) is 45.6 Å². The van der Waals surface area contributed by atoms with Gasteiger partial charge in [0.2, 0.25) is 0 Å². The molecule has 0 atom stereocenters. The van der Waals surface area contributed by atoms with E-state index in [1.165, 1.54) is 0 Å². The van der Waals surface area contributed by atoms with E-state index in [4.69, 9.17) is 5.11 Å². The number of benzene rings is 1. The Bertz CT molecular complexity index is 727. The SMILES string of the molecule is O=C(O)c1cc2nc(C(F)(F)F)ccc2cc1[N+](=O)[O-]. The zero-order chi connectivity index (χ0) is 15.1. The number of nitro groups is 1. The maximum atomic E-state index is 12.5. The smallest absolute Gasteiger partial charge is 0.433 e. The molecule has 1 aromatic heterocycles. The Hall–Kier alpha value is -2.71. The second-order valence-corrected chi connectivity index (χ2v) is 3.82. The number of hydrogen-bond acceptors (Lipinski definition) is 4. The maximum Gasteiger partial charge on any atom is 0.433 e. The van der Waals surface area contributed by atoms with Crippen LogP contribution in [0.5, 0.6) is 0 Å².